The third kappa shape index (κ3) is 14.6. The van der Waals surface area contributed by atoms with Gasteiger partial charge in [-0.05, 0) is 50.5 Å². The van der Waals surface area contributed by atoms with Crippen LogP contribution < -0.4 is 5.32 Å². The van der Waals surface area contributed by atoms with Crippen molar-refractivity contribution in [3.05, 3.63) is 35.9 Å². The summed E-state index contributed by atoms with van der Waals surface area (Å²) in [5.41, 5.74) is 0.718. The van der Waals surface area contributed by atoms with E-state index in [2.05, 4.69) is 5.32 Å². The first-order valence-electron chi connectivity index (χ1n) is 17.2. The molecule has 0 aliphatic heterocycles. The molecule has 0 aliphatic rings. The van der Waals surface area contributed by atoms with Crippen molar-refractivity contribution in [2.45, 2.75) is 105 Å². The lowest BCUT2D eigenvalue weighted by Gasteiger charge is -2.36. The summed E-state index contributed by atoms with van der Waals surface area (Å²) >= 11 is 0. The van der Waals surface area contributed by atoms with Crippen LogP contribution in [0.2, 0.25) is 0 Å². The number of esters is 3. The molecular weight excluding hydrogens is 712 g/mol. The number of aliphatic hydroxyl groups is 1. The van der Waals surface area contributed by atoms with E-state index in [1.54, 1.807) is 71.9 Å². The smallest absolute Gasteiger partial charge is 0.407 e. The number of ether oxygens (including phenoxy) is 4. The summed E-state index contributed by atoms with van der Waals surface area (Å²) < 4.78 is 64.0. The highest BCUT2D eigenvalue weighted by Crippen LogP contribution is 2.76. The van der Waals surface area contributed by atoms with E-state index in [0.29, 0.717) is 38.5 Å². The minimum absolute atomic E-state index is 0.0475. The van der Waals surface area contributed by atoms with E-state index in [9.17, 15) is 38.3 Å². The maximum Gasteiger partial charge on any atom is 0.407 e. The van der Waals surface area contributed by atoms with Crippen LogP contribution in [0.25, 0.3) is 0 Å². The number of hydrogen-bond acceptors (Lipinski definition) is 14. The standard InChI is InChI=1S/C33H55NO15P2/c1-7-26(8-2)29(35)44-22-47-50(40,41)33(39,19-16-20-34-32(38)43-21-25-17-14-13-15-18-25)51(42,48-23-45-30(36)27(9-3)10-4)49-24-46-31(37)28(11-5)12-6/h13-15,17-18,26-28,39H,7-12,16,19-24H2,1-6H3,(H,34,38)(H,40,41). The van der Waals surface area contributed by atoms with E-state index in [1.165, 1.54) is 0 Å². The third-order valence-electron chi connectivity index (χ3n) is 8.30. The van der Waals surface area contributed by atoms with Gasteiger partial charge in [0, 0.05) is 13.0 Å². The summed E-state index contributed by atoms with van der Waals surface area (Å²) in [6, 6.07) is 8.82. The van der Waals surface area contributed by atoms with Gasteiger partial charge in [-0.2, -0.15) is 0 Å². The second-order valence-electron chi connectivity index (χ2n) is 11.6. The van der Waals surface area contributed by atoms with Crippen LogP contribution in [0.5, 0.6) is 0 Å². The lowest BCUT2D eigenvalue weighted by molar-refractivity contribution is -0.158. The highest BCUT2D eigenvalue weighted by atomic mass is 31.2. The predicted octanol–water partition coefficient (Wildman–Crippen LogP) is 6.58. The van der Waals surface area contributed by atoms with Gasteiger partial charge in [0.1, 0.15) is 6.61 Å². The molecule has 1 aromatic carbocycles. The van der Waals surface area contributed by atoms with Crippen LogP contribution in [-0.4, -0.2) is 66.0 Å². The Balaban J connectivity index is 3.33. The van der Waals surface area contributed by atoms with E-state index in [0.717, 1.165) is 5.56 Å². The second-order valence-corrected chi connectivity index (χ2v) is 16.2. The van der Waals surface area contributed by atoms with Crippen LogP contribution in [0.1, 0.15) is 98.5 Å². The molecule has 1 rings (SSSR count). The molecule has 3 N–H and O–H groups in total. The summed E-state index contributed by atoms with van der Waals surface area (Å²) in [7, 11) is -11.0. The maximum atomic E-state index is 14.4. The molecule has 16 nitrogen and oxygen atoms in total. The molecule has 18 heteroatoms. The average Bonchev–Trinajstić information content (AvgIpc) is 3.11. The van der Waals surface area contributed by atoms with Gasteiger partial charge < -0.3 is 34.3 Å². The maximum absolute atomic E-state index is 14.4. The van der Waals surface area contributed by atoms with Gasteiger partial charge in [0.25, 0.3) is 5.08 Å². The van der Waals surface area contributed by atoms with Crippen molar-refractivity contribution < 1.29 is 70.8 Å². The van der Waals surface area contributed by atoms with Crippen LogP contribution in [0, 0.1) is 17.8 Å². The second kappa shape index (κ2) is 23.7. The van der Waals surface area contributed by atoms with Gasteiger partial charge >= 0.3 is 39.2 Å². The Kier molecular flexibility index (Phi) is 21.4. The SMILES string of the molecule is CCC(CC)C(=O)OCOP(=O)(O)C(O)(CCCNC(=O)OCc1ccccc1)P(=O)(OCOC(=O)C(CC)CC)OCOC(=O)C(CC)CC. The summed E-state index contributed by atoms with van der Waals surface area (Å²) in [5.74, 6) is -3.82. The molecule has 0 fully saturated rings. The van der Waals surface area contributed by atoms with E-state index in [4.69, 9.17) is 32.5 Å². The highest BCUT2D eigenvalue weighted by Gasteiger charge is 2.64. The van der Waals surface area contributed by atoms with Gasteiger partial charge in [0.15, 0.2) is 0 Å². The zero-order valence-corrected chi connectivity index (χ0v) is 32.2. The predicted molar refractivity (Wildman–Crippen MR) is 185 cm³/mol. The molecule has 1 aromatic rings. The fraction of sp³-hybridized carbons (Fsp3) is 0.697. The third-order valence-corrected chi connectivity index (χ3v) is 13.4. The van der Waals surface area contributed by atoms with Crippen molar-refractivity contribution in [3.8, 4) is 0 Å². The molecule has 0 aromatic heterocycles. The molecule has 51 heavy (non-hydrogen) atoms. The summed E-state index contributed by atoms with van der Waals surface area (Å²) in [5, 5.41) is 10.8. The van der Waals surface area contributed by atoms with Gasteiger partial charge in [0.05, 0.1) is 17.8 Å². The van der Waals surface area contributed by atoms with Crippen LogP contribution in [0.3, 0.4) is 0 Å². The van der Waals surface area contributed by atoms with Crippen LogP contribution in [-0.2, 0) is 62.6 Å². The fourth-order valence-electron chi connectivity index (χ4n) is 4.75. The average molecular weight is 768 g/mol. The number of benzene rings is 1. The molecule has 2 unspecified atom stereocenters. The number of nitrogens with one attached hydrogen (secondary N) is 1. The molecule has 0 radical (unpaired) electrons. The minimum Gasteiger partial charge on any atom is -0.445 e. The van der Waals surface area contributed by atoms with E-state index in [-0.39, 0.29) is 19.6 Å². The van der Waals surface area contributed by atoms with Gasteiger partial charge in [-0.15, -0.1) is 0 Å². The molecule has 0 spiro atoms. The summed E-state index contributed by atoms with van der Waals surface area (Å²) in [6.45, 7) is 6.85. The van der Waals surface area contributed by atoms with E-state index >= 15 is 0 Å². The monoisotopic (exact) mass is 767 g/mol. The Morgan fingerprint density at radius 2 is 1.10 bits per heavy atom. The fourth-order valence-corrected chi connectivity index (χ4v) is 8.66. The quantitative estimate of drug-likeness (QED) is 0.0298. The van der Waals surface area contributed by atoms with E-state index < -0.39 is 88.8 Å². The first-order valence-corrected chi connectivity index (χ1v) is 20.3. The molecule has 0 saturated heterocycles. The Morgan fingerprint density at radius 1 is 0.686 bits per heavy atom. The van der Waals surface area contributed by atoms with Crippen LogP contribution >= 0.6 is 15.2 Å². The molecule has 0 saturated carbocycles. The normalized spacial score (nSPS) is 14.1. The molecular formula is C33H55NO15P2. The summed E-state index contributed by atoms with van der Waals surface area (Å²) in [4.78, 5) is 60.8. The Labute approximate surface area is 300 Å². The first kappa shape index (κ1) is 46.2. The molecule has 0 aliphatic carbocycles. The van der Waals surface area contributed by atoms with Gasteiger partial charge in [-0.25, -0.2) is 4.79 Å². The zero-order chi connectivity index (χ0) is 38.5. The minimum atomic E-state index is -5.60. The van der Waals surface area contributed by atoms with Gasteiger partial charge in [0.2, 0.25) is 20.4 Å². The van der Waals surface area contributed by atoms with Crippen molar-refractivity contribution >= 4 is 39.2 Å². The molecule has 0 heterocycles. The highest BCUT2D eigenvalue weighted by molar-refractivity contribution is 7.73. The largest absolute Gasteiger partial charge is 0.445 e. The van der Waals surface area contributed by atoms with Crippen molar-refractivity contribution in [2.24, 2.45) is 17.8 Å². The van der Waals surface area contributed by atoms with Crippen molar-refractivity contribution in [1.82, 2.24) is 5.32 Å². The number of rotatable bonds is 26. The number of carbonyl (C=O) groups is 4. The van der Waals surface area contributed by atoms with Crippen molar-refractivity contribution in [1.29, 1.82) is 0 Å². The Hall–Kier alpha value is -2.84. The lowest BCUT2D eigenvalue weighted by atomic mass is 10.0. The summed E-state index contributed by atoms with van der Waals surface area (Å²) in [6.07, 6.45) is 0.402. The molecule has 292 valence electrons. The van der Waals surface area contributed by atoms with Crippen molar-refractivity contribution in [2.75, 3.05) is 26.9 Å². The Bertz CT molecular complexity index is 1270. The zero-order valence-electron chi connectivity index (χ0n) is 30.4. The lowest BCUT2D eigenvalue weighted by Crippen LogP contribution is -2.35. The number of carbonyl (C=O) groups excluding carboxylic acids is 4. The first-order chi connectivity index (χ1) is 24.2. The topological polar surface area (TPSA) is 220 Å². The van der Waals surface area contributed by atoms with Crippen LogP contribution in [0.4, 0.5) is 4.79 Å². The molecule has 2 atom stereocenters. The number of alkyl carbamates (subject to hydrolysis) is 1. The molecule has 1 amide bonds. The van der Waals surface area contributed by atoms with Gasteiger partial charge in [-0.3, -0.25) is 37.1 Å². The number of amides is 1. The van der Waals surface area contributed by atoms with E-state index in [1.807, 2.05) is 0 Å². The van der Waals surface area contributed by atoms with Gasteiger partial charge in [-0.1, -0.05) is 71.9 Å². The number of hydrogen-bond donors (Lipinski definition) is 3. The molecule has 0 bridgehead atoms. The van der Waals surface area contributed by atoms with Crippen molar-refractivity contribution in [3.63, 3.8) is 0 Å². The Morgan fingerprint density at radius 3 is 1.51 bits per heavy atom. The van der Waals surface area contributed by atoms with Crippen LogP contribution in [0.15, 0.2) is 30.3 Å².